The first-order valence-electron chi connectivity index (χ1n) is 8.81. The van der Waals surface area contributed by atoms with Gasteiger partial charge in [-0.3, -0.25) is 4.99 Å². The van der Waals surface area contributed by atoms with E-state index in [-0.39, 0.29) is 24.0 Å². The van der Waals surface area contributed by atoms with Gasteiger partial charge in [-0.2, -0.15) is 0 Å². The first kappa shape index (κ1) is 23.9. The second kappa shape index (κ2) is 10.4. The molecule has 0 atom stereocenters. The summed E-state index contributed by atoms with van der Waals surface area (Å²) in [5.74, 6) is 1.70. The van der Waals surface area contributed by atoms with Gasteiger partial charge in [0.05, 0.1) is 6.26 Å². The zero-order valence-corrected chi connectivity index (χ0v) is 19.5. The van der Waals surface area contributed by atoms with Gasteiger partial charge in [-0.15, -0.1) is 24.0 Å². The lowest BCUT2D eigenvalue weighted by molar-refractivity contribution is 0.433. The molecule has 0 bridgehead atoms. The lowest BCUT2D eigenvalue weighted by Crippen LogP contribution is -2.55. The van der Waals surface area contributed by atoms with Gasteiger partial charge in [0.1, 0.15) is 5.82 Å². The van der Waals surface area contributed by atoms with E-state index in [1.54, 1.807) is 7.05 Å². The predicted octanol–water partition coefficient (Wildman–Crippen LogP) is 1.16. The lowest BCUT2D eigenvalue weighted by Gasteiger charge is -2.34. The molecule has 0 radical (unpaired) electrons. The Morgan fingerprint density at radius 1 is 1.33 bits per heavy atom. The van der Waals surface area contributed by atoms with Gasteiger partial charge in [0.15, 0.2) is 5.96 Å². The average Bonchev–Trinajstić information content (AvgIpc) is 2.58. The molecule has 0 amide bonds. The summed E-state index contributed by atoms with van der Waals surface area (Å²) in [5, 5.41) is 6.64. The van der Waals surface area contributed by atoms with Crippen LogP contribution < -0.4 is 20.3 Å². The fraction of sp³-hybridized carbons (Fsp3) is 0.647. The van der Waals surface area contributed by atoms with E-state index < -0.39 is 15.6 Å². The molecule has 3 N–H and O–H groups in total. The minimum atomic E-state index is -3.26. The van der Waals surface area contributed by atoms with E-state index in [0.717, 1.165) is 38.0 Å². The molecule has 0 saturated carbocycles. The zero-order valence-electron chi connectivity index (χ0n) is 16.4. The van der Waals surface area contributed by atoms with Crippen molar-refractivity contribution >= 4 is 45.8 Å². The van der Waals surface area contributed by atoms with Gasteiger partial charge in [0, 0.05) is 44.5 Å². The SMILES string of the molecule is CN=C(NCC(C)(C)NS(C)(=O)=O)NC1CCN(c2ccccn2)CC1.I. The fourth-order valence-electron chi connectivity index (χ4n) is 3.02. The van der Waals surface area contributed by atoms with Crippen LogP contribution in [0.15, 0.2) is 29.4 Å². The monoisotopic (exact) mass is 510 g/mol. The summed E-state index contributed by atoms with van der Waals surface area (Å²) >= 11 is 0. The van der Waals surface area contributed by atoms with E-state index in [1.807, 2.05) is 38.2 Å². The van der Waals surface area contributed by atoms with Crippen molar-refractivity contribution in [1.29, 1.82) is 0 Å². The number of hydrogen-bond donors (Lipinski definition) is 3. The third-order valence-corrected chi connectivity index (χ3v) is 5.12. The molecule has 0 aromatic carbocycles. The Morgan fingerprint density at radius 3 is 2.52 bits per heavy atom. The number of anilines is 1. The maximum Gasteiger partial charge on any atom is 0.209 e. The van der Waals surface area contributed by atoms with Crippen LogP contribution in [0.2, 0.25) is 0 Å². The number of guanidine groups is 1. The Hall–Kier alpha value is -1.14. The zero-order chi connectivity index (χ0) is 19.2. The van der Waals surface area contributed by atoms with Crippen molar-refractivity contribution in [3.63, 3.8) is 0 Å². The van der Waals surface area contributed by atoms with Crippen LogP contribution in [0.25, 0.3) is 0 Å². The lowest BCUT2D eigenvalue weighted by atomic mass is 10.1. The van der Waals surface area contributed by atoms with Crippen molar-refractivity contribution in [3.05, 3.63) is 24.4 Å². The quantitative estimate of drug-likeness (QED) is 0.302. The summed E-state index contributed by atoms with van der Waals surface area (Å²) in [6, 6.07) is 6.29. The summed E-state index contributed by atoms with van der Waals surface area (Å²) in [6.07, 6.45) is 4.96. The van der Waals surface area contributed by atoms with E-state index in [1.165, 1.54) is 0 Å². The number of nitrogens with zero attached hydrogens (tertiary/aromatic N) is 3. The Labute approximate surface area is 179 Å². The highest BCUT2D eigenvalue weighted by molar-refractivity contribution is 14.0. The smallest absolute Gasteiger partial charge is 0.209 e. The molecule has 27 heavy (non-hydrogen) atoms. The van der Waals surface area contributed by atoms with Gasteiger partial charge >= 0.3 is 0 Å². The van der Waals surface area contributed by atoms with Gasteiger partial charge in [0.25, 0.3) is 0 Å². The Balaban J connectivity index is 0.00000364. The number of aromatic nitrogens is 1. The molecule has 0 unspecified atom stereocenters. The van der Waals surface area contributed by atoms with Crippen molar-refractivity contribution in [2.45, 2.75) is 38.3 Å². The number of sulfonamides is 1. The number of hydrogen-bond acceptors (Lipinski definition) is 5. The largest absolute Gasteiger partial charge is 0.356 e. The number of aliphatic imine (C=N–C) groups is 1. The maximum absolute atomic E-state index is 11.4. The molecular formula is C17H31IN6O2S. The molecule has 1 fully saturated rings. The van der Waals surface area contributed by atoms with Crippen molar-refractivity contribution in [3.8, 4) is 0 Å². The molecule has 1 aliphatic heterocycles. The van der Waals surface area contributed by atoms with Gasteiger partial charge < -0.3 is 15.5 Å². The number of pyridine rings is 1. The molecular weight excluding hydrogens is 479 g/mol. The van der Waals surface area contributed by atoms with E-state index in [0.29, 0.717) is 18.5 Å². The van der Waals surface area contributed by atoms with Gasteiger partial charge in [-0.05, 0) is 38.8 Å². The Kier molecular flexibility index (Phi) is 9.22. The molecule has 10 heteroatoms. The standard InChI is InChI=1S/C17H30N6O2S.HI/c1-17(2,22-26(4,24)25)13-20-16(18-3)21-14-8-11-23(12-9-14)15-7-5-6-10-19-15;/h5-7,10,14,22H,8-9,11-13H2,1-4H3,(H2,18,20,21);1H. The summed E-state index contributed by atoms with van der Waals surface area (Å²) in [6.45, 7) is 5.98. The normalized spacial score (nSPS) is 16.6. The molecule has 1 aromatic rings. The van der Waals surface area contributed by atoms with Crippen LogP contribution in [0.4, 0.5) is 5.82 Å². The summed E-state index contributed by atoms with van der Waals surface area (Å²) in [5.41, 5.74) is -0.604. The molecule has 2 rings (SSSR count). The van der Waals surface area contributed by atoms with Crippen molar-refractivity contribution in [2.24, 2.45) is 4.99 Å². The van der Waals surface area contributed by atoms with Crippen molar-refractivity contribution in [2.75, 3.05) is 37.8 Å². The van der Waals surface area contributed by atoms with Gasteiger partial charge in [-0.1, -0.05) is 6.07 Å². The van der Waals surface area contributed by atoms with Crippen LogP contribution >= 0.6 is 24.0 Å². The minimum absolute atomic E-state index is 0. The van der Waals surface area contributed by atoms with Crippen LogP contribution in [0, 0.1) is 0 Å². The molecule has 0 spiro atoms. The third kappa shape index (κ3) is 8.60. The second-order valence-electron chi connectivity index (χ2n) is 7.28. The number of nitrogens with one attached hydrogen (secondary N) is 3. The predicted molar refractivity (Wildman–Crippen MR) is 121 cm³/mol. The number of piperidine rings is 1. The van der Waals surface area contributed by atoms with E-state index >= 15 is 0 Å². The van der Waals surface area contributed by atoms with Crippen LogP contribution in [-0.2, 0) is 10.0 Å². The Bertz CT molecular complexity index is 703. The summed E-state index contributed by atoms with van der Waals surface area (Å²) < 4.78 is 25.5. The number of halogens is 1. The van der Waals surface area contributed by atoms with Crippen LogP contribution in [0.5, 0.6) is 0 Å². The van der Waals surface area contributed by atoms with Gasteiger partial charge in [-0.25, -0.2) is 18.1 Å². The van der Waals surface area contributed by atoms with Gasteiger partial charge in [0.2, 0.25) is 10.0 Å². The van der Waals surface area contributed by atoms with Crippen LogP contribution in [0.1, 0.15) is 26.7 Å². The first-order chi connectivity index (χ1) is 12.2. The third-order valence-electron chi connectivity index (χ3n) is 4.19. The second-order valence-corrected chi connectivity index (χ2v) is 9.03. The number of rotatable bonds is 6. The highest BCUT2D eigenvalue weighted by Gasteiger charge is 2.24. The first-order valence-corrected chi connectivity index (χ1v) is 10.7. The molecule has 1 saturated heterocycles. The van der Waals surface area contributed by atoms with E-state index in [2.05, 4.69) is 30.2 Å². The Morgan fingerprint density at radius 2 is 2.00 bits per heavy atom. The average molecular weight is 510 g/mol. The molecule has 154 valence electrons. The van der Waals surface area contributed by atoms with Crippen molar-refractivity contribution in [1.82, 2.24) is 20.3 Å². The highest BCUT2D eigenvalue weighted by Crippen LogP contribution is 2.17. The van der Waals surface area contributed by atoms with E-state index in [9.17, 15) is 8.42 Å². The highest BCUT2D eigenvalue weighted by atomic mass is 127. The molecule has 8 nitrogen and oxygen atoms in total. The minimum Gasteiger partial charge on any atom is -0.356 e. The molecule has 1 aromatic heterocycles. The van der Waals surface area contributed by atoms with Crippen molar-refractivity contribution < 1.29 is 8.42 Å². The topological polar surface area (TPSA) is 98.7 Å². The van der Waals surface area contributed by atoms with Crippen LogP contribution in [-0.4, -0.2) is 63.9 Å². The van der Waals surface area contributed by atoms with Crippen LogP contribution in [0.3, 0.4) is 0 Å². The summed E-state index contributed by atoms with van der Waals surface area (Å²) in [7, 11) is -1.54. The molecule has 0 aliphatic carbocycles. The molecule has 2 heterocycles. The fourth-order valence-corrected chi connectivity index (χ4v) is 4.10. The summed E-state index contributed by atoms with van der Waals surface area (Å²) in [4.78, 5) is 10.9. The molecule has 1 aliphatic rings. The maximum atomic E-state index is 11.4. The van der Waals surface area contributed by atoms with E-state index in [4.69, 9.17) is 0 Å².